The fourth-order valence-corrected chi connectivity index (χ4v) is 1.51. The van der Waals surface area contributed by atoms with Crippen molar-refractivity contribution in [3.05, 3.63) is 0 Å². The van der Waals surface area contributed by atoms with Gasteiger partial charge < -0.3 is 14.8 Å². The van der Waals surface area contributed by atoms with Gasteiger partial charge in [0.1, 0.15) is 0 Å². The molecule has 1 saturated heterocycles. The number of nitrogens with one attached hydrogen (secondary N) is 1. The Labute approximate surface area is 80.8 Å². The molecular formula is C10H21NO2. The van der Waals surface area contributed by atoms with Crippen molar-refractivity contribution in [2.75, 3.05) is 40.0 Å². The van der Waals surface area contributed by atoms with E-state index in [1.54, 1.807) is 0 Å². The molecule has 0 aromatic carbocycles. The lowest BCUT2D eigenvalue weighted by atomic mass is 10.0. The standard InChI is InChI=1S/C10H21NO2/c1-11-5-2-6-13-9-10-3-7-12-8-4-10/h10-11H,2-9H2,1H3. The molecule has 1 aliphatic heterocycles. The van der Waals surface area contributed by atoms with Crippen molar-refractivity contribution in [2.24, 2.45) is 5.92 Å². The zero-order valence-corrected chi connectivity index (χ0v) is 8.55. The van der Waals surface area contributed by atoms with Gasteiger partial charge in [-0.3, -0.25) is 0 Å². The summed E-state index contributed by atoms with van der Waals surface area (Å²) in [7, 11) is 1.97. The Bertz CT molecular complexity index is 113. The molecule has 0 unspecified atom stereocenters. The molecule has 1 aliphatic rings. The summed E-state index contributed by atoms with van der Waals surface area (Å²) in [6.45, 7) is 4.70. The highest BCUT2D eigenvalue weighted by atomic mass is 16.5. The molecule has 0 aromatic heterocycles. The van der Waals surface area contributed by atoms with Gasteiger partial charge in [-0.1, -0.05) is 0 Å². The van der Waals surface area contributed by atoms with Crippen LogP contribution in [0.3, 0.4) is 0 Å². The minimum Gasteiger partial charge on any atom is -0.381 e. The van der Waals surface area contributed by atoms with Gasteiger partial charge in [-0.2, -0.15) is 0 Å². The van der Waals surface area contributed by atoms with E-state index in [2.05, 4.69) is 5.32 Å². The highest BCUT2D eigenvalue weighted by Gasteiger charge is 2.13. The molecule has 1 rings (SSSR count). The van der Waals surface area contributed by atoms with Crippen LogP contribution in [0.5, 0.6) is 0 Å². The molecule has 3 heteroatoms. The predicted octanol–water partition coefficient (Wildman–Crippen LogP) is 1.04. The average Bonchev–Trinajstić information content (AvgIpc) is 2.19. The van der Waals surface area contributed by atoms with Gasteiger partial charge in [-0.15, -0.1) is 0 Å². The maximum absolute atomic E-state index is 5.58. The van der Waals surface area contributed by atoms with Gasteiger partial charge in [-0.25, -0.2) is 0 Å². The first-order valence-corrected chi connectivity index (χ1v) is 5.23. The second-order valence-corrected chi connectivity index (χ2v) is 3.59. The lowest BCUT2D eigenvalue weighted by molar-refractivity contribution is 0.0203. The van der Waals surface area contributed by atoms with Crippen molar-refractivity contribution in [3.63, 3.8) is 0 Å². The summed E-state index contributed by atoms with van der Waals surface area (Å²) in [6, 6.07) is 0. The number of ether oxygens (including phenoxy) is 2. The van der Waals surface area contributed by atoms with Crippen LogP contribution in [-0.4, -0.2) is 40.0 Å². The van der Waals surface area contributed by atoms with E-state index >= 15 is 0 Å². The van der Waals surface area contributed by atoms with E-state index in [9.17, 15) is 0 Å². The van der Waals surface area contributed by atoms with E-state index in [0.29, 0.717) is 0 Å². The van der Waals surface area contributed by atoms with E-state index in [4.69, 9.17) is 9.47 Å². The first-order chi connectivity index (χ1) is 6.43. The molecule has 1 fully saturated rings. The summed E-state index contributed by atoms with van der Waals surface area (Å²) < 4.78 is 10.9. The largest absolute Gasteiger partial charge is 0.381 e. The van der Waals surface area contributed by atoms with E-state index < -0.39 is 0 Å². The van der Waals surface area contributed by atoms with E-state index in [1.165, 1.54) is 12.8 Å². The lowest BCUT2D eigenvalue weighted by Gasteiger charge is -2.21. The molecule has 0 bridgehead atoms. The first-order valence-electron chi connectivity index (χ1n) is 5.23. The van der Waals surface area contributed by atoms with Crippen molar-refractivity contribution < 1.29 is 9.47 Å². The molecule has 1 heterocycles. The van der Waals surface area contributed by atoms with Crippen LogP contribution in [-0.2, 0) is 9.47 Å². The Morgan fingerprint density at radius 3 is 2.85 bits per heavy atom. The van der Waals surface area contributed by atoms with Crippen molar-refractivity contribution in [1.82, 2.24) is 5.32 Å². The van der Waals surface area contributed by atoms with Crippen LogP contribution in [0.4, 0.5) is 0 Å². The monoisotopic (exact) mass is 187 g/mol. The Balaban J connectivity index is 1.86. The van der Waals surface area contributed by atoms with E-state index in [0.717, 1.165) is 45.3 Å². The van der Waals surface area contributed by atoms with E-state index in [-0.39, 0.29) is 0 Å². The molecule has 0 amide bonds. The Morgan fingerprint density at radius 1 is 1.38 bits per heavy atom. The van der Waals surface area contributed by atoms with Gasteiger partial charge in [0.2, 0.25) is 0 Å². The summed E-state index contributed by atoms with van der Waals surface area (Å²) in [5, 5.41) is 3.11. The van der Waals surface area contributed by atoms with Crippen LogP contribution in [0.15, 0.2) is 0 Å². The minimum absolute atomic E-state index is 0.739. The summed E-state index contributed by atoms with van der Waals surface area (Å²) in [4.78, 5) is 0. The molecule has 1 N–H and O–H groups in total. The van der Waals surface area contributed by atoms with Crippen molar-refractivity contribution in [1.29, 1.82) is 0 Å². The zero-order chi connectivity index (χ0) is 9.36. The zero-order valence-electron chi connectivity index (χ0n) is 8.55. The summed E-state index contributed by atoms with van der Waals surface area (Å²) in [5.41, 5.74) is 0. The Hall–Kier alpha value is -0.120. The van der Waals surface area contributed by atoms with Crippen LogP contribution < -0.4 is 5.32 Å². The Morgan fingerprint density at radius 2 is 2.15 bits per heavy atom. The van der Waals surface area contributed by atoms with Gasteiger partial charge in [0.05, 0.1) is 0 Å². The third-order valence-electron chi connectivity index (χ3n) is 2.41. The topological polar surface area (TPSA) is 30.5 Å². The maximum Gasteiger partial charge on any atom is 0.0495 e. The molecule has 0 radical (unpaired) electrons. The number of hydrogen-bond acceptors (Lipinski definition) is 3. The van der Waals surface area contributed by atoms with Crippen LogP contribution in [0, 0.1) is 5.92 Å². The van der Waals surface area contributed by atoms with Gasteiger partial charge in [-0.05, 0) is 38.8 Å². The third-order valence-corrected chi connectivity index (χ3v) is 2.41. The number of rotatable bonds is 6. The minimum atomic E-state index is 0.739. The molecule has 13 heavy (non-hydrogen) atoms. The van der Waals surface area contributed by atoms with Crippen LogP contribution in [0.2, 0.25) is 0 Å². The fraction of sp³-hybridized carbons (Fsp3) is 1.00. The first kappa shape index (κ1) is 11.0. The summed E-state index contributed by atoms with van der Waals surface area (Å²) in [5.74, 6) is 0.739. The fourth-order valence-electron chi connectivity index (χ4n) is 1.51. The van der Waals surface area contributed by atoms with Crippen molar-refractivity contribution >= 4 is 0 Å². The van der Waals surface area contributed by atoms with Crippen molar-refractivity contribution in [3.8, 4) is 0 Å². The maximum atomic E-state index is 5.58. The lowest BCUT2D eigenvalue weighted by Crippen LogP contribution is -2.21. The molecule has 78 valence electrons. The molecule has 0 aliphatic carbocycles. The second kappa shape index (κ2) is 7.30. The third kappa shape index (κ3) is 5.24. The SMILES string of the molecule is CNCCCOCC1CCOCC1. The van der Waals surface area contributed by atoms with Gasteiger partial charge in [0.25, 0.3) is 0 Å². The van der Waals surface area contributed by atoms with Crippen LogP contribution >= 0.6 is 0 Å². The van der Waals surface area contributed by atoms with Crippen LogP contribution in [0.1, 0.15) is 19.3 Å². The second-order valence-electron chi connectivity index (χ2n) is 3.59. The molecular weight excluding hydrogens is 166 g/mol. The van der Waals surface area contributed by atoms with E-state index in [1.807, 2.05) is 7.05 Å². The van der Waals surface area contributed by atoms with Crippen LogP contribution in [0.25, 0.3) is 0 Å². The smallest absolute Gasteiger partial charge is 0.0495 e. The molecule has 0 saturated carbocycles. The Kier molecular flexibility index (Phi) is 6.15. The predicted molar refractivity (Wildman–Crippen MR) is 52.9 cm³/mol. The number of hydrogen-bond donors (Lipinski definition) is 1. The molecule has 0 atom stereocenters. The van der Waals surface area contributed by atoms with Crippen molar-refractivity contribution in [2.45, 2.75) is 19.3 Å². The highest BCUT2D eigenvalue weighted by Crippen LogP contribution is 2.14. The van der Waals surface area contributed by atoms with Gasteiger partial charge in [0.15, 0.2) is 0 Å². The normalized spacial score (nSPS) is 19.2. The quantitative estimate of drug-likeness (QED) is 0.630. The molecule has 3 nitrogen and oxygen atoms in total. The van der Waals surface area contributed by atoms with Gasteiger partial charge >= 0.3 is 0 Å². The highest BCUT2D eigenvalue weighted by molar-refractivity contribution is 4.62. The summed E-state index contributed by atoms with van der Waals surface area (Å²) >= 11 is 0. The summed E-state index contributed by atoms with van der Waals surface area (Å²) in [6.07, 6.45) is 3.46. The molecule has 0 aromatic rings. The molecule has 0 spiro atoms. The average molecular weight is 187 g/mol. The van der Waals surface area contributed by atoms with Gasteiger partial charge in [0, 0.05) is 26.4 Å².